The van der Waals surface area contributed by atoms with Crippen molar-refractivity contribution in [1.82, 2.24) is 5.32 Å². The van der Waals surface area contributed by atoms with Crippen molar-refractivity contribution in [1.29, 1.82) is 0 Å². The van der Waals surface area contributed by atoms with E-state index in [-0.39, 0.29) is 11.6 Å². The molecule has 3 heteroatoms. The fourth-order valence-corrected chi connectivity index (χ4v) is 2.33. The number of urea groups is 1. The van der Waals surface area contributed by atoms with E-state index in [2.05, 4.69) is 36.6 Å². The van der Waals surface area contributed by atoms with Crippen LogP contribution in [0.15, 0.2) is 24.3 Å². The molecule has 0 aliphatic rings. The lowest BCUT2D eigenvalue weighted by Gasteiger charge is -2.21. The summed E-state index contributed by atoms with van der Waals surface area (Å²) in [5, 5.41) is 5.82. The molecule has 0 saturated carbocycles. The van der Waals surface area contributed by atoms with Gasteiger partial charge in [-0.15, -0.1) is 0 Å². The first-order valence-corrected chi connectivity index (χ1v) is 7.54. The second-order valence-corrected chi connectivity index (χ2v) is 6.35. The third-order valence-corrected chi connectivity index (χ3v) is 3.23. The third kappa shape index (κ3) is 5.64. The lowest BCUT2D eigenvalue weighted by atomic mass is 9.92. The molecule has 0 aliphatic carbocycles. The first kappa shape index (κ1) is 16.5. The molecule has 0 bridgehead atoms. The highest BCUT2D eigenvalue weighted by molar-refractivity contribution is 5.89. The third-order valence-electron chi connectivity index (χ3n) is 3.23. The largest absolute Gasteiger partial charge is 0.333 e. The van der Waals surface area contributed by atoms with Crippen molar-refractivity contribution in [2.75, 3.05) is 5.32 Å². The zero-order valence-corrected chi connectivity index (χ0v) is 13.4. The highest BCUT2D eigenvalue weighted by Gasteiger charge is 2.14. The number of hydrogen-bond donors (Lipinski definition) is 2. The van der Waals surface area contributed by atoms with Crippen LogP contribution in [0.5, 0.6) is 0 Å². The molecular weight excluding hydrogens is 248 g/mol. The molecule has 1 rings (SSSR count). The Morgan fingerprint density at radius 2 is 1.95 bits per heavy atom. The minimum atomic E-state index is -0.226. The number of rotatable bonds is 5. The summed E-state index contributed by atoms with van der Waals surface area (Å²) >= 11 is 0. The van der Waals surface area contributed by atoms with Crippen LogP contribution >= 0.6 is 0 Å². The summed E-state index contributed by atoms with van der Waals surface area (Å²) in [5.41, 5.74) is 1.94. The summed E-state index contributed by atoms with van der Waals surface area (Å²) in [6.45, 7) is 10.3. The maximum absolute atomic E-state index is 11.9. The van der Waals surface area contributed by atoms with E-state index in [1.165, 1.54) is 18.4 Å². The Hall–Kier alpha value is -1.51. The highest BCUT2D eigenvalue weighted by Crippen LogP contribution is 2.26. The molecule has 0 spiro atoms. The van der Waals surface area contributed by atoms with Crippen LogP contribution in [-0.4, -0.2) is 11.6 Å². The van der Waals surface area contributed by atoms with E-state index in [1.807, 2.05) is 32.9 Å². The molecule has 1 unspecified atom stereocenters. The zero-order chi connectivity index (χ0) is 15.2. The normalized spacial score (nSPS) is 12.8. The van der Waals surface area contributed by atoms with Crippen LogP contribution in [0, 0.1) is 0 Å². The van der Waals surface area contributed by atoms with Crippen molar-refractivity contribution in [2.24, 2.45) is 0 Å². The van der Waals surface area contributed by atoms with Gasteiger partial charge in [-0.05, 0) is 57.2 Å². The summed E-state index contributed by atoms with van der Waals surface area (Å²) in [6.07, 6.45) is 3.50. The van der Waals surface area contributed by atoms with E-state index in [1.54, 1.807) is 0 Å². The summed E-state index contributed by atoms with van der Waals surface area (Å²) in [6, 6.07) is 8.03. The van der Waals surface area contributed by atoms with Gasteiger partial charge in [-0.1, -0.05) is 32.4 Å². The quantitative estimate of drug-likeness (QED) is 0.789. The molecule has 1 atom stereocenters. The Balaban J connectivity index is 2.75. The van der Waals surface area contributed by atoms with Crippen LogP contribution in [0.3, 0.4) is 0 Å². The van der Waals surface area contributed by atoms with Gasteiger partial charge in [0.2, 0.25) is 0 Å². The average Bonchev–Trinajstić information content (AvgIpc) is 2.33. The van der Waals surface area contributed by atoms with E-state index >= 15 is 0 Å². The highest BCUT2D eigenvalue weighted by atomic mass is 16.2. The molecule has 0 aromatic heterocycles. The number of carbonyl (C=O) groups excluding carboxylic acids is 1. The van der Waals surface area contributed by atoms with Crippen LogP contribution < -0.4 is 10.6 Å². The first-order valence-electron chi connectivity index (χ1n) is 7.54. The first-order chi connectivity index (χ1) is 9.35. The molecule has 0 fully saturated rings. The molecule has 0 heterocycles. The lowest BCUT2D eigenvalue weighted by molar-refractivity contribution is 0.244. The Morgan fingerprint density at radius 1 is 1.25 bits per heavy atom. The second kappa shape index (κ2) is 7.32. The number of amides is 2. The fourth-order valence-electron chi connectivity index (χ4n) is 2.33. The van der Waals surface area contributed by atoms with Crippen LogP contribution in [-0.2, 0) is 0 Å². The monoisotopic (exact) mass is 276 g/mol. The van der Waals surface area contributed by atoms with Crippen molar-refractivity contribution in [3.05, 3.63) is 29.8 Å². The van der Waals surface area contributed by atoms with Gasteiger partial charge in [-0.2, -0.15) is 0 Å². The predicted octanol–water partition coefficient (Wildman–Crippen LogP) is 4.90. The molecule has 1 aromatic rings. The molecule has 1 aromatic carbocycles. The van der Waals surface area contributed by atoms with Gasteiger partial charge >= 0.3 is 6.03 Å². The molecule has 20 heavy (non-hydrogen) atoms. The standard InChI is InChI=1S/C17H28N2O/c1-6-9-13(7-2)14-10-8-11-15(12-14)18-16(20)19-17(3,4)5/h8,10-13H,6-7,9H2,1-5H3,(H2,18,19,20). The van der Waals surface area contributed by atoms with Gasteiger partial charge in [-0.25, -0.2) is 4.79 Å². The minimum Gasteiger partial charge on any atom is -0.333 e. The van der Waals surface area contributed by atoms with Crippen molar-refractivity contribution in [3.8, 4) is 0 Å². The van der Waals surface area contributed by atoms with Crippen LogP contribution in [0.25, 0.3) is 0 Å². The number of nitrogens with one attached hydrogen (secondary N) is 2. The molecule has 2 N–H and O–H groups in total. The average molecular weight is 276 g/mol. The SMILES string of the molecule is CCCC(CC)c1cccc(NC(=O)NC(C)(C)C)c1. The van der Waals surface area contributed by atoms with Gasteiger partial charge in [-0.3, -0.25) is 0 Å². The molecule has 112 valence electrons. The zero-order valence-electron chi connectivity index (χ0n) is 13.4. The molecule has 2 amide bonds. The molecular formula is C17H28N2O. The van der Waals surface area contributed by atoms with Gasteiger partial charge in [0.15, 0.2) is 0 Å². The number of benzene rings is 1. The number of hydrogen-bond acceptors (Lipinski definition) is 1. The summed E-state index contributed by atoms with van der Waals surface area (Å²) in [4.78, 5) is 11.9. The van der Waals surface area contributed by atoms with E-state index in [0.717, 1.165) is 12.1 Å². The second-order valence-electron chi connectivity index (χ2n) is 6.35. The smallest absolute Gasteiger partial charge is 0.319 e. The number of carbonyl (C=O) groups is 1. The molecule has 0 aliphatic heterocycles. The van der Waals surface area contributed by atoms with Crippen LogP contribution in [0.4, 0.5) is 10.5 Å². The fraction of sp³-hybridized carbons (Fsp3) is 0.588. The molecule has 0 saturated heterocycles. The van der Waals surface area contributed by atoms with E-state index in [4.69, 9.17) is 0 Å². The van der Waals surface area contributed by atoms with Crippen LogP contribution in [0.2, 0.25) is 0 Å². The maximum atomic E-state index is 11.9. The van der Waals surface area contributed by atoms with Gasteiger partial charge in [0, 0.05) is 11.2 Å². The Labute approximate surface area is 123 Å². The molecule has 3 nitrogen and oxygen atoms in total. The van der Waals surface area contributed by atoms with Gasteiger partial charge in [0.1, 0.15) is 0 Å². The van der Waals surface area contributed by atoms with Gasteiger partial charge in [0.25, 0.3) is 0 Å². The number of anilines is 1. The summed E-state index contributed by atoms with van der Waals surface area (Å²) < 4.78 is 0. The predicted molar refractivity (Wildman–Crippen MR) is 86.3 cm³/mol. The van der Waals surface area contributed by atoms with E-state index in [0.29, 0.717) is 5.92 Å². The Bertz CT molecular complexity index is 435. The Kier molecular flexibility index (Phi) is 6.05. The molecule has 0 radical (unpaired) electrons. The lowest BCUT2D eigenvalue weighted by Crippen LogP contribution is -2.43. The van der Waals surface area contributed by atoms with Crippen molar-refractivity contribution in [3.63, 3.8) is 0 Å². The van der Waals surface area contributed by atoms with E-state index < -0.39 is 0 Å². The van der Waals surface area contributed by atoms with Gasteiger partial charge < -0.3 is 10.6 Å². The van der Waals surface area contributed by atoms with Crippen molar-refractivity contribution >= 4 is 11.7 Å². The van der Waals surface area contributed by atoms with Crippen molar-refractivity contribution < 1.29 is 4.79 Å². The summed E-state index contributed by atoms with van der Waals surface area (Å²) in [7, 11) is 0. The Morgan fingerprint density at radius 3 is 2.50 bits per heavy atom. The minimum absolute atomic E-state index is 0.154. The van der Waals surface area contributed by atoms with E-state index in [9.17, 15) is 4.79 Å². The van der Waals surface area contributed by atoms with Crippen LogP contribution in [0.1, 0.15) is 65.4 Å². The topological polar surface area (TPSA) is 41.1 Å². The summed E-state index contributed by atoms with van der Waals surface area (Å²) in [5.74, 6) is 0.576. The maximum Gasteiger partial charge on any atom is 0.319 e. The van der Waals surface area contributed by atoms with Gasteiger partial charge in [0.05, 0.1) is 0 Å². The van der Waals surface area contributed by atoms with Crippen molar-refractivity contribution in [2.45, 2.75) is 65.3 Å².